The van der Waals surface area contributed by atoms with E-state index in [9.17, 15) is 9.90 Å². The Bertz CT molecular complexity index is 450. The van der Waals surface area contributed by atoms with Crippen molar-refractivity contribution in [1.29, 1.82) is 0 Å². The standard InChI is InChI=1S/C17H25NO2/c1-13(2)11-12-18(14-7-3-4-8-14)16-10-6-5-9-15(16)17(19)20/h5-6,9-10,13-14H,3-4,7-8,11-12H2,1-2H3,(H,19,20). The van der Waals surface area contributed by atoms with E-state index < -0.39 is 5.97 Å². The topological polar surface area (TPSA) is 40.5 Å². The van der Waals surface area contributed by atoms with E-state index in [-0.39, 0.29) is 0 Å². The molecule has 2 rings (SSSR count). The van der Waals surface area contributed by atoms with Gasteiger partial charge in [-0.2, -0.15) is 0 Å². The number of anilines is 1. The number of aromatic carboxylic acids is 1. The van der Waals surface area contributed by atoms with Crippen LogP contribution in [0.3, 0.4) is 0 Å². The van der Waals surface area contributed by atoms with Crippen molar-refractivity contribution in [2.75, 3.05) is 11.4 Å². The SMILES string of the molecule is CC(C)CCN(c1ccccc1C(=O)O)C1CCCC1. The summed E-state index contributed by atoms with van der Waals surface area (Å²) < 4.78 is 0. The van der Waals surface area contributed by atoms with Crippen LogP contribution < -0.4 is 4.90 Å². The lowest BCUT2D eigenvalue weighted by Gasteiger charge is -2.33. The number of nitrogens with zero attached hydrogens (tertiary/aromatic N) is 1. The van der Waals surface area contributed by atoms with Gasteiger partial charge in [0.15, 0.2) is 0 Å². The largest absolute Gasteiger partial charge is 0.478 e. The van der Waals surface area contributed by atoms with Crippen LogP contribution in [-0.2, 0) is 0 Å². The van der Waals surface area contributed by atoms with Crippen molar-refractivity contribution in [3.05, 3.63) is 29.8 Å². The first-order valence-electron chi connectivity index (χ1n) is 7.68. The van der Waals surface area contributed by atoms with Crippen LogP contribution in [0.1, 0.15) is 56.3 Å². The van der Waals surface area contributed by atoms with Gasteiger partial charge in [0.05, 0.1) is 11.3 Å². The molecule has 1 saturated carbocycles. The van der Waals surface area contributed by atoms with Crippen LogP contribution in [0.15, 0.2) is 24.3 Å². The van der Waals surface area contributed by atoms with Gasteiger partial charge in [-0.25, -0.2) is 4.79 Å². The minimum absolute atomic E-state index is 0.433. The van der Waals surface area contributed by atoms with Crippen LogP contribution in [0.4, 0.5) is 5.69 Å². The summed E-state index contributed by atoms with van der Waals surface area (Å²) >= 11 is 0. The van der Waals surface area contributed by atoms with Crippen molar-refractivity contribution in [1.82, 2.24) is 0 Å². The average molecular weight is 275 g/mol. The summed E-state index contributed by atoms with van der Waals surface area (Å²) in [5.41, 5.74) is 1.33. The van der Waals surface area contributed by atoms with Crippen LogP contribution in [-0.4, -0.2) is 23.7 Å². The lowest BCUT2D eigenvalue weighted by Crippen LogP contribution is -2.35. The third-order valence-electron chi connectivity index (χ3n) is 4.16. The van der Waals surface area contributed by atoms with Crippen molar-refractivity contribution in [2.45, 2.75) is 52.0 Å². The summed E-state index contributed by atoms with van der Waals surface area (Å²) in [5.74, 6) is -0.191. The Kier molecular flexibility index (Phi) is 5.05. The fourth-order valence-corrected chi connectivity index (χ4v) is 3.02. The predicted molar refractivity (Wildman–Crippen MR) is 82.5 cm³/mol. The quantitative estimate of drug-likeness (QED) is 0.846. The van der Waals surface area contributed by atoms with Crippen LogP contribution in [0.5, 0.6) is 0 Å². The molecule has 0 aliphatic heterocycles. The Hall–Kier alpha value is -1.51. The normalized spacial score (nSPS) is 15.8. The van der Waals surface area contributed by atoms with E-state index in [1.807, 2.05) is 18.2 Å². The molecule has 1 aromatic rings. The van der Waals surface area contributed by atoms with Crippen LogP contribution >= 0.6 is 0 Å². The Balaban J connectivity index is 2.27. The average Bonchev–Trinajstić information content (AvgIpc) is 2.93. The number of carbonyl (C=O) groups is 1. The fourth-order valence-electron chi connectivity index (χ4n) is 3.02. The molecule has 3 heteroatoms. The minimum Gasteiger partial charge on any atom is -0.478 e. The molecule has 0 spiro atoms. The van der Waals surface area contributed by atoms with Gasteiger partial charge in [-0.1, -0.05) is 38.8 Å². The maximum Gasteiger partial charge on any atom is 0.337 e. The molecule has 0 bridgehead atoms. The maximum absolute atomic E-state index is 11.5. The lowest BCUT2D eigenvalue weighted by atomic mass is 10.1. The van der Waals surface area contributed by atoms with Crippen molar-refractivity contribution in [3.8, 4) is 0 Å². The minimum atomic E-state index is -0.826. The molecule has 20 heavy (non-hydrogen) atoms. The Labute approximate surface area is 121 Å². The van der Waals surface area contributed by atoms with Crippen LogP contribution in [0.25, 0.3) is 0 Å². The monoisotopic (exact) mass is 275 g/mol. The number of para-hydroxylation sites is 1. The molecule has 0 atom stereocenters. The molecule has 3 nitrogen and oxygen atoms in total. The first-order chi connectivity index (χ1) is 9.59. The van der Waals surface area contributed by atoms with Gasteiger partial charge in [-0.15, -0.1) is 0 Å². The number of benzene rings is 1. The van der Waals surface area contributed by atoms with Gasteiger partial charge in [0.25, 0.3) is 0 Å². The molecule has 1 aliphatic rings. The number of rotatable bonds is 6. The smallest absolute Gasteiger partial charge is 0.337 e. The van der Waals surface area contributed by atoms with Gasteiger partial charge >= 0.3 is 5.97 Å². The molecule has 0 unspecified atom stereocenters. The lowest BCUT2D eigenvalue weighted by molar-refractivity contribution is 0.0697. The van der Waals surface area contributed by atoms with E-state index in [2.05, 4.69) is 18.7 Å². The van der Waals surface area contributed by atoms with Gasteiger partial charge in [0, 0.05) is 12.6 Å². The summed E-state index contributed by atoms with van der Waals surface area (Å²) in [4.78, 5) is 13.8. The molecule has 0 amide bonds. The molecule has 1 aromatic carbocycles. The van der Waals surface area contributed by atoms with Gasteiger partial charge < -0.3 is 10.0 Å². The zero-order valence-corrected chi connectivity index (χ0v) is 12.5. The second-order valence-electron chi connectivity index (χ2n) is 6.14. The first kappa shape index (κ1) is 14.9. The van der Waals surface area contributed by atoms with Gasteiger partial charge in [-0.05, 0) is 37.3 Å². The van der Waals surface area contributed by atoms with Crippen LogP contribution in [0, 0.1) is 5.92 Å². The Morgan fingerprint density at radius 3 is 2.55 bits per heavy atom. The van der Waals surface area contributed by atoms with E-state index in [4.69, 9.17) is 0 Å². The highest BCUT2D eigenvalue weighted by Gasteiger charge is 2.25. The maximum atomic E-state index is 11.5. The van der Waals surface area contributed by atoms with E-state index >= 15 is 0 Å². The summed E-state index contributed by atoms with van der Waals surface area (Å²) in [6, 6.07) is 7.94. The molecular weight excluding hydrogens is 250 g/mol. The predicted octanol–water partition coefficient (Wildman–Crippen LogP) is 4.18. The highest BCUT2D eigenvalue weighted by Crippen LogP contribution is 2.31. The van der Waals surface area contributed by atoms with E-state index in [1.54, 1.807) is 6.07 Å². The van der Waals surface area contributed by atoms with E-state index in [0.717, 1.165) is 18.7 Å². The first-order valence-corrected chi connectivity index (χ1v) is 7.68. The zero-order chi connectivity index (χ0) is 14.5. The van der Waals surface area contributed by atoms with E-state index in [1.165, 1.54) is 25.7 Å². The number of carboxylic acid groups (broad SMARTS) is 1. The number of hydrogen-bond donors (Lipinski definition) is 1. The summed E-state index contributed by atoms with van der Waals surface area (Å²) in [5, 5.41) is 9.41. The molecule has 0 saturated heterocycles. The number of hydrogen-bond acceptors (Lipinski definition) is 2. The number of carboxylic acids is 1. The third-order valence-corrected chi connectivity index (χ3v) is 4.16. The third kappa shape index (κ3) is 3.53. The van der Waals surface area contributed by atoms with Crippen molar-refractivity contribution in [3.63, 3.8) is 0 Å². The second-order valence-corrected chi connectivity index (χ2v) is 6.14. The van der Waals surface area contributed by atoms with Crippen molar-refractivity contribution in [2.24, 2.45) is 5.92 Å². The summed E-state index contributed by atoms with van der Waals surface area (Å²) in [6.07, 6.45) is 6.00. The highest BCUT2D eigenvalue weighted by atomic mass is 16.4. The molecule has 1 aliphatic carbocycles. The zero-order valence-electron chi connectivity index (χ0n) is 12.5. The Morgan fingerprint density at radius 2 is 1.95 bits per heavy atom. The van der Waals surface area contributed by atoms with Gasteiger partial charge in [0.1, 0.15) is 0 Å². The molecule has 1 N–H and O–H groups in total. The summed E-state index contributed by atoms with van der Waals surface area (Å²) in [7, 11) is 0. The van der Waals surface area contributed by atoms with Crippen LogP contribution in [0.2, 0.25) is 0 Å². The Morgan fingerprint density at radius 1 is 1.30 bits per heavy atom. The molecule has 0 aromatic heterocycles. The molecule has 0 heterocycles. The molecule has 110 valence electrons. The van der Waals surface area contributed by atoms with Crippen molar-refractivity contribution >= 4 is 11.7 Å². The molecular formula is C17H25NO2. The fraction of sp³-hybridized carbons (Fsp3) is 0.588. The molecule has 1 fully saturated rings. The van der Waals surface area contributed by atoms with Crippen molar-refractivity contribution < 1.29 is 9.90 Å². The summed E-state index contributed by atoms with van der Waals surface area (Å²) in [6.45, 7) is 5.39. The highest BCUT2D eigenvalue weighted by molar-refractivity contribution is 5.94. The van der Waals surface area contributed by atoms with Gasteiger partial charge in [0.2, 0.25) is 0 Å². The van der Waals surface area contributed by atoms with Gasteiger partial charge in [-0.3, -0.25) is 0 Å². The molecule has 0 radical (unpaired) electrons. The van der Waals surface area contributed by atoms with E-state index in [0.29, 0.717) is 17.5 Å². The second kappa shape index (κ2) is 6.78.